The lowest BCUT2D eigenvalue weighted by atomic mass is 10.2. The van der Waals surface area contributed by atoms with Gasteiger partial charge in [0.05, 0.1) is 16.4 Å². The summed E-state index contributed by atoms with van der Waals surface area (Å²) >= 11 is 5.79. The Morgan fingerprint density at radius 3 is 2.65 bits per heavy atom. The number of anilines is 2. The fraction of sp³-hybridized carbons (Fsp3) is 0.200. The van der Waals surface area contributed by atoms with Crippen LogP contribution in [0.25, 0.3) is 0 Å². The minimum absolute atomic E-state index is 0.179. The van der Waals surface area contributed by atoms with Crippen molar-refractivity contribution in [2.45, 2.75) is 13.3 Å². The number of carbonyl (C=O) groups is 1. The summed E-state index contributed by atoms with van der Waals surface area (Å²) in [5.41, 5.74) is 7.59. The van der Waals surface area contributed by atoms with Gasteiger partial charge in [0.2, 0.25) is 0 Å². The summed E-state index contributed by atoms with van der Waals surface area (Å²) in [5, 5.41) is 0.503. The average Bonchev–Trinajstić information content (AvgIpc) is 2.46. The van der Waals surface area contributed by atoms with E-state index < -0.39 is 0 Å². The summed E-state index contributed by atoms with van der Waals surface area (Å²) in [6.45, 7) is 2.59. The molecule has 0 fully saturated rings. The Labute approximate surface area is 123 Å². The number of nitrogens with zero attached hydrogens (tertiary/aromatic N) is 2. The Morgan fingerprint density at radius 1 is 1.30 bits per heavy atom. The zero-order chi connectivity index (χ0) is 14.5. The first-order valence-corrected chi connectivity index (χ1v) is 6.79. The van der Waals surface area contributed by atoms with E-state index >= 15 is 0 Å². The maximum absolute atomic E-state index is 12.6. The van der Waals surface area contributed by atoms with Crippen LogP contribution in [0.1, 0.15) is 23.8 Å². The largest absolute Gasteiger partial charge is 0.397 e. The van der Waals surface area contributed by atoms with Gasteiger partial charge in [0.1, 0.15) is 5.69 Å². The van der Waals surface area contributed by atoms with E-state index in [1.54, 1.807) is 23.1 Å². The highest BCUT2D eigenvalue weighted by atomic mass is 35.5. The lowest BCUT2D eigenvalue weighted by molar-refractivity contribution is 0.0982. The second kappa shape index (κ2) is 6.39. The van der Waals surface area contributed by atoms with Crippen molar-refractivity contribution in [3.8, 4) is 0 Å². The van der Waals surface area contributed by atoms with Gasteiger partial charge in [-0.05, 0) is 30.7 Å². The smallest absolute Gasteiger partial charge is 0.276 e. The standard InChI is InChI=1S/C15H16ClN3O/c1-2-9-19(14-6-4-3-5-12(14)17)15(20)13-8-7-11(16)10-18-13/h3-8,10H,2,9,17H2,1H3. The lowest BCUT2D eigenvalue weighted by Gasteiger charge is -2.23. The van der Waals surface area contributed by atoms with E-state index in [-0.39, 0.29) is 5.91 Å². The van der Waals surface area contributed by atoms with Crippen LogP contribution in [-0.2, 0) is 0 Å². The molecule has 1 heterocycles. The maximum atomic E-state index is 12.6. The van der Waals surface area contributed by atoms with Gasteiger partial charge in [-0.2, -0.15) is 0 Å². The number of nitrogen functional groups attached to an aromatic ring is 1. The Bertz CT molecular complexity index is 598. The number of rotatable bonds is 4. The highest BCUT2D eigenvalue weighted by Gasteiger charge is 2.19. The third-order valence-corrected chi connectivity index (χ3v) is 3.09. The van der Waals surface area contributed by atoms with Gasteiger partial charge < -0.3 is 10.6 Å². The fourth-order valence-corrected chi connectivity index (χ4v) is 2.04. The van der Waals surface area contributed by atoms with Crippen molar-refractivity contribution in [3.63, 3.8) is 0 Å². The van der Waals surface area contributed by atoms with E-state index in [1.165, 1.54) is 6.20 Å². The third-order valence-electron chi connectivity index (χ3n) is 2.87. The van der Waals surface area contributed by atoms with Crippen molar-refractivity contribution in [2.75, 3.05) is 17.2 Å². The first kappa shape index (κ1) is 14.3. The third kappa shape index (κ3) is 3.08. The number of hydrogen-bond acceptors (Lipinski definition) is 3. The van der Waals surface area contributed by atoms with Crippen LogP contribution in [-0.4, -0.2) is 17.4 Å². The van der Waals surface area contributed by atoms with Gasteiger partial charge in [0, 0.05) is 12.7 Å². The van der Waals surface area contributed by atoms with Gasteiger partial charge in [-0.25, -0.2) is 4.98 Å². The van der Waals surface area contributed by atoms with Crippen LogP contribution in [0.4, 0.5) is 11.4 Å². The lowest BCUT2D eigenvalue weighted by Crippen LogP contribution is -2.32. The number of pyridine rings is 1. The minimum Gasteiger partial charge on any atom is -0.397 e. The molecule has 1 aromatic heterocycles. The Balaban J connectivity index is 2.36. The second-order valence-corrected chi connectivity index (χ2v) is 4.81. The number of carbonyl (C=O) groups excluding carboxylic acids is 1. The van der Waals surface area contributed by atoms with Crippen molar-refractivity contribution in [2.24, 2.45) is 0 Å². The SMILES string of the molecule is CCCN(C(=O)c1ccc(Cl)cn1)c1ccccc1N. The molecule has 5 heteroatoms. The molecule has 0 saturated heterocycles. The molecule has 2 N–H and O–H groups in total. The van der Waals surface area contributed by atoms with E-state index in [1.807, 2.05) is 25.1 Å². The highest BCUT2D eigenvalue weighted by molar-refractivity contribution is 6.30. The van der Waals surface area contributed by atoms with Gasteiger partial charge >= 0.3 is 0 Å². The topological polar surface area (TPSA) is 59.2 Å². The number of nitrogens with two attached hydrogens (primary N) is 1. The molecule has 0 bridgehead atoms. The molecule has 0 aliphatic heterocycles. The van der Waals surface area contributed by atoms with Crippen LogP contribution in [0.15, 0.2) is 42.6 Å². The number of para-hydroxylation sites is 2. The van der Waals surface area contributed by atoms with Crippen LogP contribution in [0, 0.1) is 0 Å². The van der Waals surface area contributed by atoms with Crippen molar-refractivity contribution in [1.29, 1.82) is 0 Å². The molecule has 0 unspecified atom stereocenters. The Morgan fingerprint density at radius 2 is 2.05 bits per heavy atom. The summed E-state index contributed by atoms with van der Waals surface area (Å²) < 4.78 is 0. The molecule has 0 saturated carbocycles. The summed E-state index contributed by atoms with van der Waals surface area (Å²) in [4.78, 5) is 18.3. The Hall–Kier alpha value is -2.07. The van der Waals surface area contributed by atoms with Crippen LogP contribution in [0.5, 0.6) is 0 Å². The minimum atomic E-state index is -0.179. The molecule has 0 aliphatic rings. The number of benzene rings is 1. The molecule has 1 aromatic carbocycles. The maximum Gasteiger partial charge on any atom is 0.276 e. The van der Waals surface area contributed by atoms with Crippen LogP contribution >= 0.6 is 11.6 Å². The monoisotopic (exact) mass is 289 g/mol. The van der Waals surface area contributed by atoms with Crippen molar-refractivity contribution in [3.05, 3.63) is 53.3 Å². The number of halogens is 1. The molecule has 0 spiro atoms. The highest BCUT2D eigenvalue weighted by Crippen LogP contribution is 2.24. The predicted octanol–water partition coefficient (Wildman–Crippen LogP) is 3.37. The van der Waals surface area contributed by atoms with Crippen LogP contribution in [0.3, 0.4) is 0 Å². The van der Waals surface area contributed by atoms with E-state index in [4.69, 9.17) is 17.3 Å². The summed E-state index contributed by atoms with van der Waals surface area (Å²) in [6, 6.07) is 10.6. The normalized spacial score (nSPS) is 10.3. The number of amides is 1. The van der Waals surface area contributed by atoms with E-state index in [2.05, 4.69) is 4.98 Å². The van der Waals surface area contributed by atoms with Gasteiger partial charge in [0.15, 0.2) is 0 Å². The van der Waals surface area contributed by atoms with Crippen molar-refractivity contribution >= 4 is 28.9 Å². The summed E-state index contributed by atoms with van der Waals surface area (Å²) in [6.07, 6.45) is 2.29. The van der Waals surface area contributed by atoms with E-state index in [0.717, 1.165) is 6.42 Å². The zero-order valence-electron chi connectivity index (χ0n) is 11.2. The molecular weight excluding hydrogens is 274 g/mol. The molecule has 0 aliphatic carbocycles. The summed E-state index contributed by atoms with van der Waals surface area (Å²) in [7, 11) is 0. The van der Waals surface area contributed by atoms with Gasteiger partial charge in [-0.15, -0.1) is 0 Å². The van der Waals surface area contributed by atoms with Gasteiger partial charge in [0.25, 0.3) is 5.91 Å². The molecule has 4 nitrogen and oxygen atoms in total. The quantitative estimate of drug-likeness (QED) is 0.878. The van der Waals surface area contributed by atoms with Crippen LogP contribution < -0.4 is 10.6 Å². The molecule has 2 rings (SSSR count). The fourth-order valence-electron chi connectivity index (χ4n) is 1.93. The molecule has 1 amide bonds. The number of aromatic nitrogens is 1. The molecule has 20 heavy (non-hydrogen) atoms. The van der Waals surface area contributed by atoms with E-state index in [9.17, 15) is 4.79 Å². The molecule has 0 radical (unpaired) electrons. The average molecular weight is 290 g/mol. The predicted molar refractivity (Wildman–Crippen MR) is 82.1 cm³/mol. The zero-order valence-corrected chi connectivity index (χ0v) is 12.0. The Kier molecular flexibility index (Phi) is 4.58. The van der Waals surface area contributed by atoms with Gasteiger partial charge in [-0.3, -0.25) is 4.79 Å². The number of hydrogen-bond donors (Lipinski definition) is 1. The van der Waals surface area contributed by atoms with Crippen LogP contribution in [0.2, 0.25) is 5.02 Å². The molecule has 2 aromatic rings. The van der Waals surface area contributed by atoms with Crippen molar-refractivity contribution < 1.29 is 4.79 Å². The second-order valence-electron chi connectivity index (χ2n) is 4.38. The van der Waals surface area contributed by atoms with E-state index in [0.29, 0.717) is 28.6 Å². The van der Waals surface area contributed by atoms with Crippen molar-refractivity contribution in [1.82, 2.24) is 4.98 Å². The molecular formula is C15H16ClN3O. The first-order valence-electron chi connectivity index (χ1n) is 6.41. The molecule has 104 valence electrons. The van der Waals surface area contributed by atoms with Gasteiger partial charge in [-0.1, -0.05) is 30.7 Å². The molecule has 0 atom stereocenters. The summed E-state index contributed by atoms with van der Waals surface area (Å²) in [5.74, 6) is -0.179. The first-order chi connectivity index (χ1) is 9.63.